The van der Waals surface area contributed by atoms with E-state index in [9.17, 15) is 9.59 Å². The predicted octanol–water partition coefficient (Wildman–Crippen LogP) is 3.64. The van der Waals surface area contributed by atoms with E-state index in [1.54, 1.807) is 27.9 Å². The number of piperidine rings is 1. The maximum absolute atomic E-state index is 12.4. The summed E-state index contributed by atoms with van der Waals surface area (Å²) >= 11 is 0. The van der Waals surface area contributed by atoms with Crippen LogP contribution in [0.2, 0.25) is 0 Å². The summed E-state index contributed by atoms with van der Waals surface area (Å²) in [5, 5.41) is 5.57. The first-order valence-corrected chi connectivity index (χ1v) is 12.8. The van der Waals surface area contributed by atoms with Crippen molar-refractivity contribution >= 4 is 12.0 Å². The van der Waals surface area contributed by atoms with E-state index in [-0.39, 0.29) is 17.9 Å². The summed E-state index contributed by atoms with van der Waals surface area (Å²) in [4.78, 5) is 27.0. The number of nitrogens with zero attached hydrogens (tertiary/aromatic N) is 1. The molecule has 3 atom stereocenters. The molecule has 0 radical (unpaired) electrons. The highest BCUT2D eigenvalue weighted by Crippen LogP contribution is 2.52. The average Bonchev–Trinajstić information content (AvgIpc) is 3.59. The van der Waals surface area contributed by atoms with Gasteiger partial charge in [-0.3, -0.25) is 9.69 Å². The Bertz CT molecular complexity index is 908. The van der Waals surface area contributed by atoms with Crippen molar-refractivity contribution < 1.29 is 19.1 Å². The Morgan fingerprint density at radius 2 is 1.97 bits per heavy atom. The molecule has 0 unspecified atom stereocenters. The first-order chi connectivity index (χ1) is 16.1. The summed E-state index contributed by atoms with van der Waals surface area (Å²) in [6.07, 6.45) is 5.22. The van der Waals surface area contributed by atoms with Crippen LogP contribution in [0.4, 0.5) is 4.79 Å². The van der Waals surface area contributed by atoms with Crippen molar-refractivity contribution in [1.29, 1.82) is 0 Å². The minimum absolute atomic E-state index is 0.0126. The molecule has 34 heavy (non-hydrogen) atoms. The molecule has 1 saturated heterocycles. The molecule has 188 valence electrons. The summed E-state index contributed by atoms with van der Waals surface area (Å²) in [5.41, 5.74) is 2.24. The van der Waals surface area contributed by atoms with Gasteiger partial charge in [-0.2, -0.15) is 0 Å². The summed E-state index contributed by atoms with van der Waals surface area (Å²) in [6.45, 7) is 10.6. The Morgan fingerprint density at radius 1 is 1.21 bits per heavy atom. The number of alkyl carbamates (subject to hydrolysis) is 1. The molecular formula is C27H41N3O4. The second-order valence-electron chi connectivity index (χ2n) is 11.4. The molecule has 1 aromatic carbocycles. The van der Waals surface area contributed by atoms with Gasteiger partial charge in [0.05, 0.1) is 13.7 Å². The van der Waals surface area contributed by atoms with E-state index in [1.165, 1.54) is 30.5 Å². The van der Waals surface area contributed by atoms with Gasteiger partial charge in [-0.05, 0) is 94.5 Å². The van der Waals surface area contributed by atoms with E-state index in [0.29, 0.717) is 18.5 Å². The molecule has 0 spiro atoms. The summed E-state index contributed by atoms with van der Waals surface area (Å²) in [5.74, 6) is 2.08. The zero-order valence-electron chi connectivity index (χ0n) is 21.4. The van der Waals surface area contributed by atoms with Crippen LogP contribution >= 0.6 is 0 Å². The Hall–Kier alpha value is -2.28. The van der Waals surface area contributed by atoms with Crippen molar-refractivity contribution in [2.75, 3.05) is 33.3 Å². The molecule has 1 saturated carbocycles. The molecule has 3 aliphatic rings. The predicted molar refractivity (Wildman–Crippen MR) is 132 cm³/mol. The number of benzene rings is 1. The standard InChI is InChI=1S/C27H41N3O4/c1-18-23-14-20-8-9-21(33-5)15-22(20)27(18,11-13-30(23)17-19-6-7-19)10-12-28-24(31)16-29-25(32)34-26(2,3)4/h8-9,15,18-19,23H,6-7,10-14,16-17H2,1-5H3,(H,28,31)(H,29,32)/t18-,23+,27-/m0/s1. The Morgan fingerprint density at radius 3 is 2.65 bits per heavy atom. The van der Waals surface area contributed by atoms with E-state index < -0.39 is 11.7 Å². The van der Waals surface area contributed by atoms with Gasteiger partial charge in [0.25, 0.3) is 0 Å². The SMILES string of the molecule is COc1ccc2c(c1)[C@@]1(CCNC(=O)CNC(=O)OC(C)(C)C)CCN(CC3CC3)[C@H](C2)[C@@H]1C. The van der Waals surface area contributed by atoms with Crippen molar-refractivity contribution in [2.45, 2.75) is 76.9 Å². The molecule has 2 N–H and O–H groups in total. The van der Waals surface area contributed by atoms with Gasteiger partial charge in [-0.1, -0.05) is 13.0 Å². The van der Waals surface area contributed by atoms with Gasteiger partial charge in [0.1, 0.15) is 11.4 Å². The van der Waals surface area contributed by atoms with Crippen molar-refractivity contribution in [3.8, 4) is 5.75 Å². The molecule has 0 aromatic heterocycles. The lowest BCUT2D eigenvalue weighted by atomic mass is 9.56. The van der Waals surface area contributed by atoms with Gasteiger partial charge in [-0.15, -0.1) is 0 Å². The fourth-order valence-electron chi connectivity index (χ4n) is 5.96. The van der Waals surface area contributed by atoms with Crippen molar-refractivity contribution in [3.05, 3.63) is 29.3 Å². The highest BCUT2D eigenvalue weighted by atomic mass is 16.6. The van der Waals surface area contributed by atoms with Crippen LogP contribution in [-0.2, 0) is 21.4 Å². The van der Waals surface area contributed by atoms with E-state index in [4.69, 9.17) is 9.47 Å². The maximum atomic E-state index is 12.4. The number of carbonyl (C=O) groups is 2. The number of hydrogen-bond donors (Lipinski definition) is 2. The van der Waals surface area contributed by atoms with Crippen molar-refractivity contribution in [2.24, 2.45) is 11.8 Å². The Balaban J connectivity index is 1.43. The van der Waals surface area contributed by atoms with Gasteiger partial charge < -0.3 is 20.1 Å². The molecule has 2 bridgehead atoms. The minimum Gasteiger partial charge on any atom is -0.497 e. The van der Waals surface area contributed by atoms with Crippen LogP contribution in [0, 0.1) is 11.8 Å². The van der Waals surface area contributed by atoms with Gasteiger partial charge in [0.15, 0.2) is 0 Å². The minimum atomic E-state index is -0.587. The summed E-state index contributed by atoms with van der Waals surface area (Å²) in [7, 11) is 1.72. The third-order valence-corrected chi connectivity index (χ3v) is 7.92. The van der Waals surface area contributed by atoms with Crippen LogP contribution in [0.25, 0.3) is 0 Å². The molecule has 2 fully saturated rings. The fraction of sp³-hybridized carbons (Fsp3) is 0.704. The van der Waals surface area contributed by atoms with Crippen LogP contribution in [-0.4, -0.2) is 61.8 Å². The number of methoxy groups -OCH3 is 1. The molecular weight excluding hydrogens is 430 g/mol. The molecule has 1 heterocycles. The van der Waals surface area contributed by atoms with Crippen molar-refractivity contribution in [1.82, 2.24) is 15.5 Å². The first kappa shape index (κ1) is 24.8. The lowest BCUT2D eigenvalue weighted by molar-refractivity contribution is -0.120. The second kappa shape index (κ2) is 9.76. The van der Waals surface area contributed by atoms with Crippen molar-refractivity contribution in [3.63, 3.8) is 0 Å². The van der Waals surface area contributed by atoms with Gasteiger partial charge in [0, 0.05) is 24.5 Å². The monoisotopic (exact) mass is 471 g/mol. The zero-order valence-corrected chi connectivity index (χ0v) is 21.4. The lowest BCUT2D eigenvalue weighted by Gasteiger charge is -2.56. The molecule has 1 aromatic rings. The number of nitrogens with one attached hydrogen (secondary N) is 2. The normalized spacial score (nSPS) is 26.4. The van der Waals surface area contributed by atoms with Gasteiger partial charge >= 0.3 is 6.09 Å². The number of carbonyl (C=O) groups excluding carboxylic acids is 2. The number of rotatable bonds is 8. The van der Waals surface area contributed by atoms with Crippen LogP contribution in [0.1, 0.15) is 64.5 Å². The Labute approximate surface area is 203 Å². The van der Waals surface area contributed by atoms with E-state index >= 15 is 0 Å². The zero-order chi connectivity index (χ0) is 24.5. The quantitative estimate of drug-likeness (QED) is 0.605. The average molecular weight is 472 g/mol. The van der Waals surface area contributed by atoms with E-state index in [0.717, 1.165) is 37.5 Å². The molecule has 7 nitrogen and oxygen atoms in total. The van der Waals surface area contributed by atoms with E-state index in [2.05, 4.69) is 40.7 Å². The largest absolute Gasteiger partial charge is 0.497 e. The van der Waals surface area contributed by atoms with Gasteiger partial charge in [-0.25, -0.2) is 4.79 Å². The highest BCUT2D eigenvalue weighted by Gasteiger charge is 2.51. The topological polar surface area (TPSA) is 79.9 Å². The maximum Gasteiger partial charge on any atom is 0.408 e. The van der Waals surface area contributed by atoms with Crippen LogP contribution in [0.3, 0.4) is 0 Å². The number of hydrogen-bond acceptors (Lipinski definition) is 5. The number of ether oxygens (including phenoxy) is 2. The molecule has 4 rings (SSSR count). The van der Waals surface area contributed by atoms with Gasteiger partial charge in [0.2, 0.25) is 5.91 Å². The molecule has 1 aliphatic heterocycles. The number of likely N-dealkylation sites (tertiary alicyclic amines) is 1. The van der Waals surface area contributed by atoms with Crippen LogP contribution in [0.5, 0.6) is 5.75 Å². The highest BCUT2D eigenvalue weighted by molar-refractivity contribution is 5.82. The lowest BCUT2D eigenvalue weighted by Crippen LogP contribution is -2.60. The fourth-order valence-corrected chi connectivity index (χ4v) is 5.96. The smallest absolute Gasteiger partial charge is 0.408 e. The van der Waals surface area contributed by atoms with Crippen LogP contribution in [0.15, 0.2) is 18.2 Å². The summed E-state index contributed by atoms with van der Waals surface area (Å²) < 4.78 is 10.8. The van der Waals surface area contributed by atoms with Crippen LogP contribution < -0.4 is 15.4 Å². The summed E-state index contributed by atoms with van der Waals surface area (Å²) in [6, 6.07) is 7.09. The number of amides is 2. The molecule has 7 heteroatoms. The number of fused-ring (bicyclic) bond motifs is 4. The first-order valence-electron chi connectivity index (χ1n) is 12.8. The Kier molecular flexibility index (Phi) is 7.13. The second-order valence-corrected chi connectivity index (χ2v) is 11.4. The third kappa shape index (κ3) is 5.51. The molecule has 2 aliphatic carbocycles. The van der Waals surface area contributed by atoms with E-state index in [1.807, 2.05) is 0 Å². The molecule has 2 amide bonds. The third-order valence-electron chi connectivity index (χ3n) is 7.92.